The first kappa shape index (κ1) is 24.1. The number of carbonyl (C=O) groups is 1. The summed E-state index contributed by atoms with van der Waals surface area (Å²) in [5, 5.41) is 6.78. The zero-order valence-corrected chi connectivity index (χ0v) is 18.6. The number of benzene rings is 1. The van der Waals surface area contributed by atoms with Crippen molar-refractivity contribution < 1.29 is 9.53 Å². The lowest BCUT2D eigenvalue weighted by Crippen LogP contribution is -2.36. The van der Waals surface area contributed by atoms with Gasteiger partial charge in [0.25, 0.3) is 0 Å². The molecule has 0 bridgehead atoms. The maximum absolute atomic E-state index is 11.5. The van der Waals surface area contributed by atoms with E-state index < -0.39 is 11.7 Å². The Morgan fingerprint density at radius 1 is 1.36 bits per heavy atom. The van der Waals surface area contributed by atoms with Gasteiger partial charge in [-0.3, -0.25) is 4.99 Å². The number of aliphatic imine (C=N–C) groups is 1. The summed E-state index contributed by atoms with van der Waals surface area (Å²) in [6.07, 6.45) is -0.481. The number of nitrogens with zero attached hydrogens (tertiary/aromatic N) is 1. The maximum Gasteiger partial charge on any atom is 0.407 e. The highest BCUT2D eigenvalue weighted by molar-refractivity contribution is 14.0. The van der Waals surface area contributed by atoms with Crippen molar-refractivity contribution in [2.24, 2.45) is 10.7 Å². The predicted molar refractivity (Wildman–Crippen MR) is 114 cm³/mol. The van der Waals surface area contributed by atoms with Gasteiger partial charge in [-0.25, -0.2) is 4.79 Å². The Balaban J connectivity index is 0.00000576. The number of halogens is 3. The van der Waals surface area contributed by atoms with Crippen molar-refractivity contribution in [2.75, 3.05) is 13.1 Å². The second kappa shape index (κ2) is 10.9. The lowest BCUT2D eigenvalue weighted by atomic mass is 10.1. The number of carbonyl (C=O) groups excluding carboxylic acids is 1. The molecule has 1 amide bonds. The zero-order chi connectivity index (χ0) is 18.3. The van der Waals surface area contributed by atoms with Crippen LogP contribution in [0.5, 0.6) is 0 Å². The minimum absolute atomic E-state index is 0. The van der Waals surface area contributed by atoms with E-state index in [0.29, 0.717) is 23.1 Å². The van der Waals surface area contributed by atoms with Crippen molar-refractivity contribution in [3.63, 3.8) is 0 Å². The van der Waals surface area contributed by atoms with Gasteiger partial charge in [-0.15, -0.1) is 24.0 Å². The highest BCUT2D eigenvalue weighted by atomic mass is 127. The van der Waals surface area contributed by atoms with E-state index in [0.717, 1.165) is 5.56 Å². The molecule has 0 saturated carbocycles. The first-order valence-corrected chi connectivity index (χ1v) is 8.32. The number of hydrogen-bond donors (Lipinski definition) is 3. The fourth-order valence-corrected chi connectivity index (χ4v) is 2.42. The first-order chi connectivity index (χ1) is 11.1. The van der Waals surface area contributed by atoms with E-state index in [1.54, 1.807) is 32.9 Å². The van der Waals surface area contributed by atoms with E-state index in [9.17, 15) is 4.79 Å². The van der Waals surface area contributed by atoms with Gasteiger partial charge in [-0.1, -0.05) is 29.3 Å². The fraction of sp³-hybridized carbons (Fsp3) is 0.500. The third kappa shape index (κ3) is 9.96. The van der Waals surface area contributed by atoms with Gasteiger partial charge in [0.2, 0.25) is 0 Å². The molecule has 0 heterocycles. The molecule has 0 saturated heterocycles. The minimum Gasteiger partial charge on any atom is -0.444 e. The molecule has 25 heavy (non-hydrogen) atoms. The van der Waals surface area contributed by atoms with Crippen LogP contribution in [-0.2, 0) is 4.74 Å². The molecule has 0 radical (unpaired) electrons. The summed E-state index contributed by atoms with van der Waals surface area (Å²) in [6, 6.07) is 5.14. The van der Waals surface area contributed by atoms with Crippen molar-refractivity contribution in [3.8, 4) is 0 Å². The van der Waals surface area contributed by atoms with E-state index in [1.165, 1.54) is 0 Å². The van der Waals surface area contributed by atoms with Crippen LogP contribution in [0.3, 0.4) is 0 Å². The van der Waals surface area contributed by atoms with Gasteiger partial charge in [0, 0.05) is 16.6 Å². The van der Waals surface area contributed by atoms with Gasteiger partial charge in [0.1, 0.15) is 5.60 Å². The molecule has 1 rings (SSSR count). The molecule has 6 nitrogen and oxygen atoms in total. The fourth-order valence-electron chi connectivity index (χ4n) is 1.85. The smallest absolute Gasteiger partial charge is 0.407 e. The number of alkyl carbamates (subject to hydrolysis) is 1. The summed E-state index contributed by atoms with van der Waals surface area (Å²) in [5.74, 6) is 0.263. The molecule has 1 aromatic rings. The van der Waals surface area contributed by atoms with Crippen LogP contribution in [0, 0.1) is 0 Å². The first-order valence-electron chi connectivity index (χ1n) is 7.57. The average molecular weight is 503 g/mol. The average Bonchev–Trinajstić information content (AvgIpc) is 2.41. The van der Waals surface area contributed by atoms with Crippen molar-refractivity contribution >= 4 is 59.2 Å². The van der Waals surface area contributed by atoms with Crippen LogP contribution in [0.15, 0.2) is 23.2 Å². The lowest BCUT2D eigenvalue weighted by Gasteiger charge is -2.19. The molecule has 0 aliphatic heterocycles. The summed E-state index contributed by atoms with van der Waals surface area (Å²) in [5.41, 5.74) is 6.18. The minimum atomic E-state index is -0.527. The number of guanidine groups is 1. The molecular formula is C16H25Cl2IN4O2. The number of ether oxygens (including phenoxy) is 1. The molecule has 1 atom stereocenters. The molecule has 4 N–H and O–H groups in total. The Morgan fingerprint density at radius 2 is 2.00 bits per heavy atom. The van der Waals surface area contributed by atoms with Crippen molar-refractivity contribution in [1.29, 1.82) is 0 Å². The van der Waals surface area contributed by atoms with Crippen LogP contribution in [-0.4, -0.2) is 30.7 Å². The van der Waals surface area contributed by atoms with Crippen LogP contribution >= 0.6 is 47.2 Å². The maximum atomic E-state index is 11.5. The molecule has 142 valence electrons. The summed E-state index contributed by atoms with van der Waals surface area (Å²) in [7, 11) is 0. The summed E-state index contributed by atoms with van der Waals surface area (Å²) in [4.78, 5) is 15.6. The second-order valence-corrected chi connectivity index (χ2v) is 7.07. The largest absolute Gasteiger partial charge is 0.444 e. The van der Waals surface area contributed by atoms with Crippen LogP contribution < -0.4 is 16.4 Å². The summed E-state index contributed by atoms with van der Waals surface area (Å²) < 4.78 is 5.12. The molecular weight excluding hydrogens is 478 g/mol. The summed E-state index contributed by atoms with van der Waals surface area (Å²) in [6.45, 7) is 7.98. The van der Waals surface area contributed by atoms with Gasteiger partial charge in [-0.05, 0) is 45.4 Å². The third-order valence-corrected chi connectivity index (χ3v) is 3.42. The van der Waals surface area contributed by atoms with Crippen LogP contribution in [0.1, 0.15) is 39.3 Å². The highest BCUT2D eigenvalue weighted by Gasteiger charge is 2.15. The normalized spacial score (nSPS) is 12.8. The predicted octanol–water partition coefficient (Wildman–Crippen LogP) is 4.10. The molecule has 0 aliphatic carbocycles. The standard InChI is InChI=1S/C16H24Cl2N4O2.HI/c1-10(12-6-5-11(17)9-13(12)18)22-14(19)20-7-8-21-15(23)24-16(2,3)4;/h5-6,9-10H,7-8H2,1-4H3,(H,21,23)(H3,19,20,22);1H. The van der Waals surface area contributed by atoms with Crippen molar-refractivity contribution in [3.05, 3.63) is 33.8 Å². The van der Waals surface area contributed by atoms with Crippen molar-refractivity contribution in [2.45, 2.75) is 39.3 Å². The Labute approximate surface area is 175 Å². The van der Waals surface area contributed by atoms with E-state index in [2.05, 4.69) is 15.6 Å². The molecule has 1 aromatic carbocycles. The van der Waals surface area contributed by atoms with Crippen LogP contribution in [0.25, 0.3) is 0 Å². The number of amides is 1. The second-order valence-electron chi connectivity index (χ2n) is 6.23. The Bertz CT molecular complexity index is 606. The van der Waals surface area contributed by atoms with Gasteiger partial charge >= 0.3 is 6.09 Å². The number of nitrogens with two attached hydrogens (primary N) is 1. The molecule has 0 spiro atoms. The SMILES string of the molecule is CC(NC(N)=NCCNC(=O)OC(C)(C)C)c1ccc(Cl)cc1Cl.I. The van der Waals surface area contributed by atoms with Gasteiger partial charge in [0.05, 0.1) is 12.6 Å². The Kier molecular flexibility index (Phi) is 10.5. The lowest BCUT2D eigenvalue weighted by molar-refractivity contribution is 0.0529. The molecule has 9 heteroatoms. The van der Waals surface area contributed by atoms with Crippen molar-refractivity contribution in [1.82, 2.24) is 10.6 Å². The van der Waals surface area contributed by atoms with Gasteiger partial charge < -0.3 is 21.1 Å². The van der Waals surface area contributed by atoms with Crippen LogP contribution in [0.2, 0.25) is 10.0 Å². The van der Waals surface area contributed by atoms with E-state index >= 15 is 0 Å². The third-order valence-electron chi connectivity index (χ3n) is 2.86. The Morgan fingerprint density at radius 3 is 2.56 bits per heavy atom. The molecule has 0 fully saturated rings. The molecule has 1 unspecified atom stereocenters. The number of rotatable bonds is 5. The van der Waals surface area contributed by atoms with E-state index in [4.69, 9.17) is 33.7 Å². The van der Waals surface area contributed by atoms with Crippen LogP contribution in [0.4, 0.5) is 4.79 Å². The topological polar surface area (TPSA) is 88.7 Å². The number of nitrogens with one attached hydrogen (secondary N) is 2. The quantitative estimate of drug-likeness (QED) is 0.245. The zero-order valence-electron chi connectivity index (χ0n) is 14.7. The molecule has 0 aromatic heterocycles. The van der Waals surface area contributed by atoms with Gasteiger partial charge in [0.15, 0.2) is 5.96 Å². The van der Waals surface area contributed by atoms with E-state index in [-0.39, 0.29) is 36.0 Å². The Hall–Kier alpha value is -0.930. The summed E-state index contributed by atoms with van der Waals surface area (Å²) >= 11 is 12.0. The van der Waals surface area contributed by atoms with Gasteiger partial charge in [-0.2, -0.15) is 0 Å². The number of hydrogen-bond acceptors (Lipinski definition) is 3. The molecule has 0 aliphatic rings. The van der Waals surface area contributed by atoms with E-state index in [1.807, 2.05) is 13.0 Å². The monoisotopic (exact) mass is 502 g/mol. The highest BCUT2D eigenvalue weighted by Crippen LogP contribution is 2.25.